The van der Waals surface area contributed by atoms with E-state index in [9.17, 15) is 4.79 Å². The molecule has 4 heteroatoms. The Morgan fingerprint density at radius 3 is 2.69 bits per heavy atom. The van der Waals surface area contributed by atoms with E-state index in [0.717, 1.165) is 5.76 Å². The molecule has 1 N–H and O–H groups in total. The summed E-state index contributed by atoms with van der Waals surface area (Å²) in [6.07, 6.45) is 1.52. The monoisotopic (exact) mass is 217 g/mol. The minimum absolute atomic E-state index is 0.210. The van der Waals surface area contributed by atoms with Gasteiger partial charge in [0.25, 0.3) is 0 Å². The van der Waals surface area contributed by atoms with Crippen LogP contribution in [0.2, 0.25) is 0 Å². The minimum Gasteiger partial charge on any atom is -0.478 e. The Morgan fingerprint density at radius 2 is 2.12 bits per heavy atom. The highest BCUT2D eigenvalue weighted by atomic mass is 16.4. The van der Waals surface area contributed by atoms with Crippen molar-refractivity contribution in [2.24, 2.45) is 0 Å². The van der Waals surface area contributed by atoms with Crippen LogP contribution in [0.3, 0.4) is 0 Å². The second-order valence-corrected chi connectivity index (χ2v) is 3.59. The number of hydrogen-bond donors (Lipinski definition) is 1. The third-order valence-corrected chi connectivity index (χ3v) is 2.28. The summed E-state index contributed by atoms with van der Waals surface area (Å²) in [6, 6.07) is 5.07. The molecule has 0 aromatic carbocycles. The van der Waals surface area contributed by atoms with E-state index in [-0.39, 0.29) is 5.56 Å². The Labute approximate surface area is 92.6 Å². The number of carboxylic acids is 1. The molecular weight excluding hydrogens is 206 g/mol. The third kappa shape index (κ3) is 1.82. The van der Waals surface area contributed by atoms with Crippen LogP contribution in [0.15, 0.2) is 28.8 Å². The molecule has 82 valence electrons. The van der Waals surface area contributed by atoms with Gasteiger partial charge >= 0.3 is 5.97 Å². The number of carboxylic acid groups (broad SMARTS) is 1. The summed E-state index contributed by atoms with van der Waals surface area (Å²) < 4.78 is 5.40. The Hall–Kier alpha value is -2.10. The Morgan fingerprint density at radius 1 is 1.38 bits per heavy atom. The van der Waals surface area contributed by atoms with Crippen molar-refractivity contribution in [3.63, 3.8) is 0 Å². The summed E-state index contributed by atoms with van der Waals surface area (Å²) in [5, 5.41) is 9.09. The van der Waals surface area contributed by atoms with Crippen molar-refractivity contribution in [2.75, 3.05) is 0 Å². The van der Waals surface area contributed by atoms with Gasteiger partial charge in [0.05, 0.1) is 11.1 Å². The molecule has 0 aliphatic carbocycles. The fraction of sp³-hybridized carbons (Fsp3) is 0.167. The average Bonchev–Trinajstić information content (AvgIpc) is 2.64. The maximum Gasteiger partial charge on any atom is 0.336 e. The van der Waals surface area contributed by atoms with E-state index in [4.69, 9.17) is 9.52 Å². The number of aryl methyl sites for hydroxylation is 2. The second kappa shape index (κ2) is 3.81. The first-order valence-electron chi connectivity index (χ1n) is 4.84. The summed E-state index contributed by atoms with van der Waals surface area (Å²) in [5.74, 6) is 0.295. The van der Waals surface area contributed by atoms with Gasteiger partial charge in [0.15, 0.2) is 0 Å². The fourth-order valence-corrected chi connectivity index (χ4v) is 1.51. The Bertz CT molecular complexity index is 543. The van der Waals surface area contributed by atoms with Crippen molar-refractivity contribution in [3.8, 4) is 11.3 Å². The van der Waals surface area contributed by atoms with Gasteiger partial charge in [0.1, 0.15) is 11.5 Å². The molecule has 0 amide bonds. The molecule has 0 spiro atoms. The Balaban J connectivity index is 2.60. The average molecular weight is 217 g/mol. The molecule has 4 nitrogen and oxygen atoms in total. The quantitative estimate of drug-likeness (QED) is 0.839. The van der Waals surface area contributed by atoms with E-state index in [1.165, 1.54) is 12.3 Å². The zero-order valence-corrected chi connectivity index (χ0v) is 9.02. The predicted molar refractivity (Wildman–Crippen MR) is 58.4 cm³/mol. The molecule has 0 saturated carbocycles. The first-order valence-corrected chi connectivity index (χ1v) is 4.84. The van der Waals surface area contributed by atoms with E-state index < -0.39 is 5.97 Å². The standard InChI is InChI=1S/C12H11NO3/c1-7-5-9(12(14)15)10(6-13-7)11-4-3-8(2)16-11/h3-6H,1-2H3,(H,14,15). The minimum atomic E-state index is -0.977. The molecular formula is C12H11NO3. The van der Waals surface area contributed by atoms with E-state index in [2.05, 4.69) is 4.98 Å². The van der Waals surface area contributed by atoms with Crippen molar-refractivity contribution in [2.45, 2.75) is 13.8 Å². The number of pyridine rings is 1. The van der Waals surface area contributed by atoms with Gasteiger partial charge < -0.3 is 9.52 Å². The fourth-order valence-electron chi connectivity index (χ4n) is 1.51. The smallest absolute Gasteiger partial charge is 0.336 e. The largest absolute Gasteiger partial charge is 0.478 e. The Kier molecular flexibility index (Phi) is 2.48. The van der Waals surface area contributed by atoms with Gasteiger partial charge in [-0.25, -0.2) is 4.79 Å². The van der Waals surface area contributed by atoms with Gasteiger partial charge in [0, 0.05) is 11.9 Å². The summed E-state index contributed by atoms with van der Waals surface area (Å²) in [5.41, 5.74) is 1.39. The van der Waals surface area contributed by atoms with Crippen LogP contribution in [0.1, 0.15) is 21.8 Å². The lowest BCUT2D eigenvalue weighted by molar-refractivity contribution is 0.0697. The molecule has 0 bridgehead atoms. The first kappa shape index (κ1) is 10.4. The lowest BCUT2D eigenvalue weighted by atomic mass is 10.1. The van der Waals surface area contributed by atoms with Crippen LogP contribution in [-0.4, -0.2) is 16.1 Å². The van der Waals surface area contributed by atoms with E-state index in [1.807, 2.05) is 6.92 Å². The van der Waals surface area contributed by atoms with Crippen molar-refractivity contribution in [3.05, 3.63) is 41.4 Å². The van der Waals surface area contributed by atoms with Crippen LogP contribution in [-0.2, 0) is 0 Å². The maximum atomic E-state index is 11.1. The number of aromatic carboxylic acids is 1. The highest BCUT2D eigenvalue weighted by Crippen LogP contribution is 2.25. The molecule has 0 aliphatic rings. The van der Waals surface area contributed by atoms with E-state index in [0.29, 0.717) is 17.0 Å². The lowest BCUT2D eigenvalue weighted by Crippen LogP contribution is -2.01. The van der Waals surface area contributed by atoms with Crippen molar-refractivity contribution in [1.82, 2.24) is 4.98 Å². The van der Waals surface area contributed by atoms with E-state index in [1.54, 1.807) is 19.1 Å². The third-order valence-electron chi connectivity index (χ3n) is 2.28. The number of furan rings is 1. The SMILES string of the molecule is Cc1cc(C(=O)O)c(-c2ccc(C)o2)cn1. The molecule has 0 radical (unpaired) electrons. The highest BCUT2D eigenvalue weighted by Gasteiger charge is 2.14. The van der Waals surface area contributed by atoms with Crippen LogP contribution >= 0.6 is 0 Å². The maximum absolute atomic E-state index is 11.1. The number of nitrogens with zero attached hydrogens (tertiary/aromatic N) is 1. The van der Waals surface area contributed by atoms with Gasteiger partial charge in [0.2, 0.25) is 0 Å². The van der Waals surface area contributed by atoms with E-state index >= 15 is 0 Å². The summed E-state index contributed by atoms with van der Waals surface area (Å²) >= 11 is 0. The molecule has 2 rings (SSSR count). The van der Waals surface area contributed by atoms with Gasteiger partial charge in [-0.3, -0.25) is 4.98 Å². The number of aromatic nitrogens is 1. The zero-order chi connectivity index (χ0) is 11.7. The second-order valence-electron chi connectivity index (χ2n) is 3.59. The van der Waals surface area contributed by atoms with Crippen molar-refractivity contribution >= 4 is 5.97 Å². The molecule has 2 heterocycles. The summed E-state index contributed by atoms with van der Waals surface area (Å²) in [7, 11) is 0. The number of rotatable bonds is 2. The normalized spacial score (nSPS) is 10.4. The van der Waals surface area contributed by atoms with Crippen molar-refractivity contribution < 1.29 is 14.3 Å². The van der Waals surface area contributed by atoms with Crippen LogP contribution in [0.5, 0.6) is 0 Å². The molecule has 0 fully saturated rings. The summed E-state index contributed by atoms with van der Waals surface area (Å²) in [4.78, 5) is 15.2. The van der Waals surface area contributed by atoms with Gasteiger partial charge in [-0.05, 0) is 32.0 Å². The highest BCUT2D eigenvalue weighted by molar-refractivity contribution is 5.95. The zero-order valence-electron chi connectivity index (χ0n) is 9.02. The molecule has 0 unspecified atom stereocenters. The topological polar surface area (TPSA) is 63.3 Å². The number of carbonyl (C=O) groups is 1. The van der Waals surface area contributed by atoms with Crippen LogP contribution in [0.4, 0.5) is 0 Å². The molecule has 2 aromatic rings. The van der Waals surface area contributed by atoms with Crippen LogP contribution in [0.25, 0.3) is 11.3 Å². The first-order chi connectivity index (χ1) is 7.58. The van der Waals surface area contributed by atoms with Crippen LogP contribution in [0, 0.1) is 13.8 Å². The molecule has 0 saturated heterocycles. The van der Waals surface area contributed by atoms with Gasteiger partial charge in [-0.1, -0.05) is 0 Å². The van der Waals surface area contributed by atoms with Crippen molar-refractivity contribution in [1.29, 1.82) is 0 Å². The molecule has 2 aromatic heterocycles. The number of hydrogen-bond acceptors (Lipinski definition) is 3. The molecule has 0 atom stereocenters. The van der Waals surface area contributed by atoms with Gasteiger partial charge in [-0.2, -0.15) is 0 Å². The summed E-state index contributed by atoms with van der Waals surface area (Å²) in [6.45, 7) is 3.56. The predicted octanol–water partition coefficient (Wildman–Crippen LogP) is 2.66. The van der Waals surface area contributed by atoms with Gasteiger partial charge in [-0.15, -0.1) is 0 Å². The molecule has 0 aliphatic heterocycles. The lowest BCUT2D eigenvalue weighted by Gasteiger charge is -2.03. The molecule has 16 heavy (non-hydrogen) atoms. The van der Waals surface area contributed by atoms with Crippen LogP contribution < -0.4 is 0 Å².